The van der Waals surface area contributed by atoms with E-state index in [1.54, 1.807) is 0 Å². The number of thiocarbonyl (C=S) groups is 1. The molecule has 3 aromatic rings. The van der Waals surface area contributed by atoms with Crippen molar-refractivity contribution in [3.63, 3.8) is 0 Å². The molecule has 2 N–H and O–H groups in total. The number of nitriles is 1. The minimum Gasteiger partial charge on any atom is -0.345 e. The third-order valence-electron chi connectivity index (χ3n) is 5.57. The number of para-hydroxylation sites is 1. The lowest BCUT2D eigenvalue weighted by molar-refractivity contribution is -0.330. The van der Waals surface area contributed by atoms with E-state index in [2.05, 4.69) is 52.2 Å². The summed E-state index contributed by atoms with van der Waals surface area (Å²) in [6.45, 7) is 7.58. The minimum atomic E-state index is 0.688. The van der Waals surface area contributed by atoms with E-state index in [0.29, 0.717) is 5.56 Å². The van der Waals surface area contributed by atoms with Gasteiger partial charge in [-0.15, -0.1) is 0 Å². The van der Waals surface area contributed by atoms with Crippen molar-refractivity contribution in [2.24, 2.45) is 0 Å². The van der Waals surface area contributed by atoms with Gasteiger partial charge in [0.15, 0.2) is 5.11 Å². The molecule has 0 saturated carbocycles. The predicted octanol–water partition coefficient (Wildman–Crippen LogP) is 4.05. The zero-order chi connectivity index (χ0) is 21.1. The van der Waals surface area contributed by atoms with Crippen LogP contribution in [-0.2, 0) is 0 Å². The van der Waals surface area contributed by atoms with Crippen molar-refractivity contribution in [1.29, 1.82) is 5.26 Å². The van der Waals surface area contributed by atoms with Crippen LogP contribution < -0.4 is 15.2 Å². The molecule has 0 bridgehead atoms. The summed E-state index contributed by atoms with van der Waals surface area (Å²) in [7, 11) is 0. The van der Waals surface area contributed by atoms with Crippen LogP contribution in [0.25, 0.3) is 10.9 Å². The first-order chi connectivity index (χ1) is 14.5. The van der Waals surface area contributed by atoms with Crippen molar-refractivity contribution < 1.29 is 4.98 Å². The van der Waals surface area contributed by atoms with Crippen LogP contribution in [0.2, 0.25) is 0 Å². The van der Waals surface area contributed by atoms with Gasteiger partial charge in [0, 0.05) is 24.0 Å². The largest absolute Gasteiger partial charge is 0.345 e. The number of aromatic amines is 1. The van der Waals surface area contributed by atoms with E-state index in [-0.39, 0.29) is 0 Å². The Morgan fingerprint density at radius 2 is 1.87 bits per heavy atom. The van der Waals surface area contributed by atoms with Crippen LogP contribution in [0, 0.1) is 25.2 Å². The van der Waals surface area contributed by atoms with Crippen LogP contribution >= 0.6 is 12.2 Å². The van der Waals surface area contributed by atoms with Gasteiger partial charge < -0.3 is 10.2 Å². The molecule has 1 fully saturated rings. The Labute approximate surface area is 182 Å². The standard InChI is InChI=1S/C24H25N5S/c1-17-13-18(2)21-15-19(16-25)23(27-22(21)14-17)28-9-6-10-29(12-11-28)24(30)26-20-7-4-3-5-8-20/h3-5,7-8,13-15H,6,9-12H2,1-2H3,(H,26,30)/p+1. The third kappa shape index (κ3) is 4.22. The Hall–Kier alpha value is -3.17. The molecule has 5 nitrogen and oxygen atoms in total. The number of hydrogen-bond donors (Lipinski definition) is 1. The number of hydrogen-bond acceptors (Lipinski definition) is 3. The molecule has 30 heavy (non-hydrogen) atoms. The van der Waals surface area contributed by atoms with Crippen LogP contribution in [0.15, 0.2) is 48.5 Å². The molecule has 0 unspecified atom stereocenters. The summed E-state index contributed by atoms with van der Waals surface area (Å²) in [5.74, 6) is 0.902. The van der Waals surface area contributed by atoms with Gasteiger partial charge >= 0.3 is 0 Å². The van der Waals surface area contributed by atoms with Gasteiger partial charge in [0.25, 0.3) is 5.82 Å². The van der Waals surface area contributed by atoms with E-state index < -0.39 is 0 Å². The number of aryl methyl sites for hydroxylation is 2. The topological polar surface area (TPSA) is 56.4 Å². The Morgan fingerprint density at radius 1 is 1.07 bits per heavy atom. The number of nitrogens with one attached hydrogen (secondary N) is 2. The van der Waals surface area contributed by atoms with Gasteiger partial charge in [-0.3, -0.25) is 4.90 Å². The van der Waals surface area contributed by atoms with Gasteiger partial charge in [0.05, 0.1) is 13.1 Å². The number of anilines is 2. The van der Waals surface area contributed by atoms with Crippen LogP contribution in [0.1, 0.15) is 23.1 Å². The molecule has 1 aromatic heterocycles. The Kier molecular flexibility index (Phi) is 5.82. The van der Waals surface area contributed by atoms with E-state index in [9.17, 15) is 5.26 Å². The van der Waals surface area contributed by atoms with E-state index >= 15 is 0 Å². The lowest BCUT2D eigenvalue weighted by Gasteiger charge is -2.23. The SMILES string of the molecule is Cc1cc(C)c2cc(C#N)c(N3CCCN(C(=S)Nc4ccccc4)CC3)[nH+]c2c1. The third-order valence-corrected chi connectivity index (χ3v) is 5.93. The van der Waals surface area contributed by atoms with Gasteiger partial charge in [0.2, 0.25) is 0 Å². The lowest BCUT2D eigenvalue weighted by Crippen LogP contribution is -2.39. The number of fused-ring (bicyclic) bond motifs is 1. The van der Waals surface area contributed by atoms with Gasteiger partial charge in [-0.2, -0.15) is 5.26 Å². The zero-order valence-electron chi connectivity index (χ0n) is 17.4. The summed E-state index contributed by atoms with van der Waals surface area (Å²) in [5.41, 5.74) is 5.16. The molecule has 2 heterocycles. The van der Waals surface area contributed by atoms with Crippen LogP contribution in [0.3, 0.4) is 0 Å². The summed E-state index contributed by atoms with van der Waals surface area (Å²) < 4.78 is 0. The van der Waals surface area contributed by atoms with Crippen LogP contribution in [0.5, 0.6) is 0 Å². The minimum absolute atomic E-state index is 0.688. The molecule has 4 rings (SSSR count). The molecule has 0 radical (unpaired) electrons. The summed E-state index contributed by atoms with van der Waals surface area (Å²) in [5, 5.41) is 15.0. The highest BCUT2D eigenvalue weighted by molar-refractivity contribution is 7.80. The van der Waals surface area contributed by atoms with Gasteiger partial charge in [-0.1, -0.05) is 24.3 Å². The van der Waals surface area contributed by atoms with E-state index in [4.69, 9.17) is 12.2 Å². The number of aromatic nitrogens is 1. The fourth-order valence-electron chi connectivity index (χ4n) is 4.08. The molecule has 0 aliphatic carbocycles. The van der Waals surface area contributed by atoms with Crippen molar-refractivity contribution in [1.82, 2.24) is 4.90 Å². The van der Waals surface area contributed by atoms with Crippen molar-refractivity contribution >= 4 is 39.7 Å². The second-order valence-electron chi connectivity index (χ2n) is 7.81. The lowest BCUT2D eigenvalue weighted by atomic mass is 10.0. The normalized spacial score (nSPS) is 14.3. The van der Waals surface area contributed by atoms with E-state index in [1.807, 2.05) is 36.4 Å². The van der Waals surface area contributed by atoms with Crippen LogP contribution in [-0.4, -0.2) is 36.2 Å². The molecule has 2 aromatic carbocycles. The second-order valence-corrected chi connectivity index (χ2v) is 8.20. The predicted molar refractivity (Wildman–Crippen MR) is 126 cm³/mol. The number of H-pyrrole nitrogens is 1. The first-order valence-corrected chi connectivity index (χ1v) is 10.7. The highest BCUT2D eigenvalue weighted by atomic mass is 32.1. The van der Waals surface area contributed by atoms with E-state index in [0.717, 1.165) is 60.1 Å². The molecule has 1 saturated heterocycles. The molecule has 0 atom stereocenters. The molecule has 0 spiro atoms. The van der Waals surface area contributed by atoms with Crippen molar-refractivity contribution in [2.75, 3.05) is 36.4 Å². The number of pyridine rings is 1. The summed E-state index contributed by atoms with van der Waals surface area (Å²) in [6.07, 6.45) is 0.972. The first kappa shape index (κ1) is 20.1. The highest BCUT2D eigenvalue weighted by Crippen LogP contribution is 2.24. The first-order valence-electron chi connectivity index (χ1n) is 10.3. The van der Waals surface area contributed by atoms with Crippen molar-refractivity contribution in [3.8, 4) is 6.07 Å². The Bertz CT molecular complexity index is 1120. The summed E-state index contributed by atoms with van der Waals surface area (Å²) >= 11 is 5.65. The second kappa shape index (κ2) is 8.68. The number of benzene rings is 2. The zero-order valence-corrected chi connectivity index (χ0v) is 18.2. The fourth-order valence-corrected chi connectivity index (χ4v) is 4.38. The summed E-state index contributed by atoms with van der Waals surface area (Å²) in [6, 6.07) is 18.7. The van der Waals surface area contributed by atoms with Gasteiger partial charge in [0.1, 0.15) is 23.7 Å². The van der Waals surface area contributed by atoms with Crippen molar-refractivity contribution in [2.45, 2.75) is 20.3 Å². The molecule has 1 aliphatic rings. The smallest absolute Gasteiger partial charge is 0.293 e. The Morgan fingerprint density at radius 3 is 2.63 bits per heavy atom. The number of rotatable bonds is 2. The fraction of sp³-hybridized carbons (Fsp3) is 0.292. The monoisotopic (exact) mass is 416 g/mol. The molecule has 0 amide bonds. The molecule has 6 heteroatoms. The molecule has 152 valence electrons. The molecular formula is C24H26N5S+. The molecule has 1 aliphatic heterocycles. The number of nitrogens with zero attached hydrogens (tertiary/aromatic N) is 3. The Balaban J connectivity index is 1.55. The van der Waals surface area contributed by atoms with E-state index in [1.165, 1.54) is 11.1 Å². The molecular weight excluding hydrogens is 390 g/mol. The highest BCUT2D eigenvalue weighted by Gasteiger charge is 2.26. The van der Waals surface area contributed by atoms with Gasteiger partial charge in [-0.25, -0.2) is 4.98 Å². The quantitative estimate of drug-likeness (QED) is 0.639. The maximum atomic E-state index is 9.79. The maximum absolute atomic E-state index is 9.79. The van der Waals surface area contributed by atoms with Crippen molar-refractivity contribution in [3.05, 3.63) is 65.2 Å². The average Bonchev–Trinajstić information content (AvgIpc) is 3.00. The van der Waals surface area contributed by atoms with Gasteiger partial charge in [-0.05, 0) is 61.5 Å². The average molecular weight is 417 g/mol. The van der Waals surface area contributed by atoms with Crippen LogP contribution in [0.4, 0.5) is 11.5 Å². The maximum Gasteiger partial charge on any atom is 0.293 e. The summed E-state index contributed by atoms with van der Waals surface area (Å²) in [4.78, 5) is 8.04.